The lowest BCUT2D eigenvalue weighted by Gasteiger charge is -2.23. The van der Waals surface area contributed by atoms with E-state index in [-0.39, 0.29) is 11.3 Å². The van der Waals surface area contributed by atoms with Crippen molar-refractivity contribution < 1.29 is 17.9 Å². The molecule has 0 aliphatic heterocycles. The van der Waals surface area contributed by atoms with Crippen LogP contribution in [0.3, 0.4) is 0 Å². The van der Waals surface area contributed by atoms with E-state index in [1.54, 1.807) is 13.0 Å². The van der Waals surface area contributed by atoms with Crippen molar-refractivity contribution in [1.82, 2.24) is 0 Å². The zero-order chi connectivity index (χ0) is 14.7. The number of hydrogen-bond donors (Lipinski definition) is 1. The van der Waals surface area contributed by atoms with Crippen LogP contribution < -0.4 is 10.5 Å². The summed E-state index contributed by atoms with van der Waals surface area (Å²) in [5.41, 5.74) is 5.97. The van der Waals surface area contributed by atoms with Crippen molar-refractivity contribution in [3.05, 3.63) is 65.5 Å². The summed E-state index contributed by atoms with van der Waals surface area (Å²) in [7, 11) is 0. The number of halogens is 3. The fourth-order valence-electron chi connectivity index (χ4n) is 1.86. The van der Waals surface area contributed by atoms with Gasteiger partial charge in [0.05, 0.1) is 0 Å². The van der Waals surface area contributed by atoms with Gasteiger partial charge in [0.15, 0.2) is 11.6 Å². The largest absolute Gasteiger partial charge is 0.481 e. The maximum atomic E-state index is 13.8. The van der Waals surface area contributed by atoms with Crippen LogP contribution >= 0.6 is 0 Å². The minimum absolute atomic E-state index is 0.200. The molecule has 0 radical (unpaired) electrons. The van der Waals surface area contributed by atoms with E-state index in [1.165, 1.54) is 18.2 Å². The monoisotopic (exact) mass is 281 g/mol. The first-order chi connectivity index (χ1) is 9.49. The van der Waals surface area contributed by atoms with Gasteiger partial charge in [-0.3, -0.25) is 0 Å². The van der Waals surface area contributed by atoms with Crippen molar-refractivity contribution in [3.8, 4) is 5.75 Å². The summed E-state index contributed by atoms with van der Waals surface area (Å²) in [6, 6.07) is 8.15. The Morgan fingerprint density at radius 3 is 2.35 bits per heavy atom. The molecule has 0 aromatic heterocycles. The Balaban J connectivity index is 2.36. The van der Waals surface area contributed by atoms with Crippen molar-refractivity contribution in [2.45, 2.75) is 19.1 Å². The normalized spacial score (nSPS) is 13.8. The van der Waals surface area contributed by atoms with Crippen LogP contribution in [0.2, 0.25) is 0 Å². The molecule has 2 rings (SSSR count). The summed E-state index contributed by atoms with van der Waals surface area (Å²) in [6.45, 7) is 1.61. The zero-order valence-electron chi connectivity index (χ0n) is 10.8. The fourth-order valence-corrected chi connectivity index (χ4v) is 1.86. The Hall–Kier alpha value is -2.01. The topological polar surface area (TPSA) is 35.2 Å². The summed E-state index contributed by atoms with van der Waals surface area (Å²) < 4.78 is 45.9. The first-order valence-corrected chi connectivity index (χ1v) is 6.10. The predicted octanol–water partition coefficient (Wildman–Crippen LogP) is 3.57. The van der Waals surface area contributed by atoms with Gasteiger partial charge >= 0.3 is 0 Å². The van der Waals surface area contributed by atoms with Gasteiger partial charge in [0.2, 0.25) is 0 Å². The number of ether oxygens (including phenoxy) is 1. The van der Waals surface area contributed by atoms with E-state index < -0.39 is 29.6 Å². The summed E-state index contributed by atoms with van der Waals surface area (Å²) in [4.78, 5) is 0. The first kappa shape index (κ1) is 14.4. The highest BCUT2D eigenvalue weighted by Crippen LogP contribution is 2.28. The number of hydrogen-bond acceptors (Lipinski definition) is 2. The van der Waals surface area contributed by atoms with Crippen molar-refractivity contribution in [2.75, 3.05) is 0 Å². The van der Waals surface area contributed by atoms with E-state index in [2.05, 4.69) is 0 Å². The maximum Gasteiger partial charge on any atom is 0.165 e. The molecule has 5 heteroatoms. The smallest absolute Gasteiger partial charge is 0.165 e. The molecule has 0 heterocycles. The molecule has 2 aromatic rings. The van der Waals surface area contributed by atoms with Crippen molar-refractivity contribution >= 4 is 0 Å². The molecular formula is C15H14F3NO. The zero-order valence-corrected chi connectivity index (χ0v) is 10.8. The molecule has 2 atom stereocenters. The Labute approximate surface area is 115 Å². The minimum atomic E-state index is -0.910. The third-order valence-corrected chi connectivity index (χ3v) is 2.84. The second-order valence-corrected chi connectivity index (χ2v) is 4.49. The average molecular weight is 281 g/mol. The van der Waals surface area contributed by atoms with Gasteiger partial charge in [-0.05, 0) is 25.1 Å². The number of benzene rings is 2. The van der Waals surface area contributed by atoms with Crippen LogP contribution in [0.15, 0.2) is 42.5 Å². The Kier molecular flexibility index (Phi) is 4.29. The van der Waals surface area contributed by atoms with Crippen LogP contribution in [0.25, 0.3) is 0 Å². The summed E-state index contributed by atoms with van der Waals surface area (Å²) in [6.07, 6.45) is -0.910. The van der Waals surface area contributed by atoms with Gasteiger partial charge in [0.1, 0.15) is 17.7 Å². The molecule has 0 saturated heterocycles. The third kappa shape index (κ3) is 3.11. The minimum Gasteiger partial charge on any atom is -0.481 e. The van der Waals surface area contributed by atoms with E-state index in [0.29, 0.717) is 0 Å². The molecule has 0 bridgehead atoms. The molecule has 0 aliphatic rings. The highest BCUT2D eigenvalue weighted by Gasteiger charge is 2.23. The van der Waals surface area contributed by atoms with Crippen LogP contribution in [0.1, 0.15) is 18.6 Å². The standard InChI is InChI=1S/C15H14F3NO/c1-9(19)15(11-4-2-3-5-12(11)17)20-14-8-10(16)6-7-13(14)18/h2-9,15H,19H2,1H3. The molecule has 0 spiro atoms. The second-order valence-electron chi connectivity index (χ2n) is 4.49. The fraction of sp³-hybridized carbons (Fsp3) is 0.200. The number of rotatable bonds is 4. The van der Waals surface area contributed by atoms with E-state index in [4.69, 9.17) is 10.5 Å². The Morgan fingerprint density at radius 1 is 1.00 bits per heavy atom. The van der Waals surface area contributed by atoms with Gasteiger partial charge in [0.25, 0.3) is 0 Å². The summed E-state index contributed by atoms with van der Waals surface area (Å²) in [5.74, 6) is -2.17. The maximum absolute atomic E-state index is 13.8. The van der Waals surface area contributed by atoms with Gasteiger partial charge in [-0.2, -0.15) is 0 Å². The summed E-state index contributed by atoms with van der Waals surface area (Å²) in [5, 5.41) is 0. The highest BCUT2D eigenvalue weighted by molar-refractivity contribution is 5.28. The molecule has 0 saturated carbocycles. The van der Waals surface area contributed by atoms with Crippen LogP contribution in [-0.2, 0) is 0 Å². The van der Waals surface area contributed by atoms with Crippen LogP contribution in [0, 0.1) is 17.5 Å². The third-order valence-electron chi connectivity index (χ3n) is 2.84. The molecule has 20 heavy (non-hydrogen) atoms. The molecule has 0 amide bonds. The van der Waals surface area contributed by atoms with E-state index >= 15 is 0 Å². The van der Waals surface area contributed by atoms with Gasteiger partial charge in [-0.15, -0.1) is 0 Å². The Bertz CT molecular complexity index is 601. The number of nitrogens with two attached hydrogens (primary N) is 1. The van der Waals surface area contributed by atoms with Crippen LogP contribution in [-0.4, -0.2) is 6.04 Å². The molecule has 0 aliphatic carbocycles. The summed E-state index contributed by atoms with van der Waals surface area (Å²) >= 11 is 0. The molecule has 0 fully saturated rings. The lowest BCUT2D eigenvalue weighted by molar-refractivity contribution is 0.167. The molecule has 2 aromatic carbocycles. The van der Waals surface area contributed by atoms with Gasteiger partial charge in [-0.1, -0.05) is 18.2 Å². The first-order valence-electron chi connectivity index (χ1n) is 6.10. The lowest BCUT2D eigenvalue weighted by atomic mass is 10.0. The van der Waals surface area contributed by atoms with Crippen molar-refractivity contribution in [1.29, 1.82) is 0 Å². The van der Waals surface area contributed by atoms with Crippen LogP contribution in [0.5, 0.6) is 5.75 Å². The molecule has 2 N–H and O–H groups in total. The van der Waals surface area contributed by atoms with Gasteiger partial charge in [-0.25, -0.2) is 13.2 Å². The average Bonchev–Trinajstić information content (AvgIpc) is 2.40. The van der Waals surface area contributed by atoms with E-state index in [1.807, 2.05) is 0 Å². The lowest BCUT2D eigenvalue weighted by Crippen LogP contribution is -2.30. The molecule has 2 unspecified atom stereocenters. The van der Waals surface area contributed by atoms with Crippen molar-refractivity contribution in [2.24, 2.45) is 5.73 Å². The van der Waals surface area contributed by atoms with Crippen LogP contribution in [0.4, 0.5) is 13.2 Å². The predicted molar refractivity (Wildman–Crippen MR) is 69.8 cm³/mol. The SMILES string of the molecule is CC(N)C(Oc1cc(F)ccc1F)c1ccccc1F. The van der Waals surface area contributed by atoms with Crippen molar-refractivity contribution in [3.63, 3.8) is 0 Å². The Morgan fingerprint density at radius 2 is 1.70 bits per heavy atom. The van der Waals surface area contributed by atoms with Gasteiger partial charge < -0.3 is 10.5 Å². The highest BCUT2D eigenvalue weighted by atomic mass is 19.1. The quantitative estimate of drug-likeness (QED) is 0.929. The van der Waals surface area contributed by atoms with E-state index in [9.17, 15) is 13.2 Å². The second kappa shape index (κ2) is 5.96. The van der Waals surface area contributed by atoms with E-state index in [0.717, 1.165) is 18.2 Å². The van der Waals surface area contributed by atoms with Gasteiger partial charge in [0, 0.05) is 17.7 Å². The molecule has 106 valence electrons. The molecule has 2 nitrogen and oxygen atoms in total. The molecular weight excluding hydrogens is 267 g/mol.